The minimum atomic E-state index is -1.10. The van der Waals surface area contributed by atoms with Gasteiger partial charge < -0.3 is 15.6 Å². The van der Waals surface area contributed by atoms with Gasteiger partial charge in [-0.1, -0.05) is 17.7 Å². The van der Waals surface area contributed by atoms with E-state index in [1.165, 1.54) is 25.3 Å². The van der Waals surface area contributed by atoms with E-state index in [9.17, 15) is 14.7 Å². The summed E-state index contributed by atoms with van der Waals surface area (Å²) in [5.41, 5.74) is 6.43. The summed E-state index contributed by atoms with van der Waals surface area (Å²) in [6, 6.07) is 9.27. The number of ether oxygens (including phenoxy) is 1. The summed E-state index contributed by atoms with van der Waals surface area (Å²) in [4.78, 5) is 22.7. The van der Waals surface area contributed by atoms with Crippen molar-refractivity contribution in [1.82, 2.24) is 0 Å². The molecule has 108 valence electrons. The maximum absolute atomic E-state index is 11.4. The molecule has 1 amide bonds. The molecule has 0 atom stereocenters. The van der Waals surface area contributed by atoms with Crippen molar-refractivity contribution in [3.8, 4) is 16.9 Å². The lowest BCUT2D eigenvalue weighted by Crippen LogP contribution is -2.11. The molecule has 0 bridgehead atoms. The standard InChI is InChI=1S/C15H12ClNO4/c1-21-9-3-4-10(11(7-9)15(19)20)8-2-5-13(16)12(6-8)14(17)18/h2-7H,1H3,(H2,17,18)(H,19,20). The Morgan fingerprint density at radius 3 is 2.43 bits per heavy atom. The number of carboxylic acids is 1. The molecular weight excluding hydrogens is 294 g/mol. The molecule has 0 unspecified atom stereocenters. The van der Waals surface area contributed by atoms with Crippen molar-refractivity contribution in [3.05, 3.63) is 52.5 Å². The van der Waals surface area contributed by atoms with Gasteiger partial charge in [-0.25, -0.2) is 4.79 Å². The molecule has 0 aliphatic carbocycles. The number of amides is 1. The molecule has 0 aliphatic heterocycles. The van der Waals surface area contributed by atoms with E-state index in [0.29, 0.717) is 16.9 Å². The molecule has 21 heavy (non-hydrogen) atoms. The lowest BCUT2D eigenvalue weighted by molar-refractivity contribution is 0.0697. The van der Waals surface area contributed by atoms with Gasteiger partial charge in [0.15, 0.2) is 0 Å². The Bertz CT molecular complexity index is 728. The third kappa shape index (κ3) is 2.98. The van der Waals surface area contributed by atoms with Gasteiger partial charge in [-0.2, -0.15) is 0 Å². The number of carbonyl (C=O) groups is 2. The van der Waals surface area contributed by atoms with Gasteiger partial charge in [-0.3, -0.25) is 4.79 Å². The van der Waals surface area contributed by atoms with Crippen LogP contribution in [0.25, 0.3) is 11.1 Å². The van der Waals surface area contributed by atoms with Crippen molar-refractivity contribution in [2.45, 2.75) is 0 Å². The summed E-state index contributed by atoms with van der Waals surface area (Å²) in [5, 5.41) is 9.53. The average Bonchev–Trinajstić information content (AvgIpc) is 2.46. The second-order valence-electron chi connectivity index (χ2n) is 4.28. The Kier molecular flexibility index (Phi) is 4.14. The number of halogens is 1. The van der Waals surface area contributed by atoms with Gasteiger partial charge >= 0.3 is 5.97 Å². The van der Waals surface area contributed by atoms with Crippen LogP contribution in [0.1, 0.15) is 20.7 Å². The van der Waals surface area contributed by atoms with Gasteiger partial charge in [-0.15, -0.1) is 0 Å². The fraction of sp³-hybridized carbons (Fsp3) is 0.0667. The number of carboxylic acid groups (broad SMARTS) is 1. The molecule has 0 fully saturated rings. The van der Waals surface area contributed by atoms with Crippen LogP contribution in [0.15, 0.2) is 36.4 Å². The summed E-state index contributed by atoms with van der Waals surface area (Å²) in [5.74, 6) is -1.34. The van der Waals surface area contributed by atoms with Crippen LogP contribution >= 0.6 is 11.6 Å². The highest BCUT2D eigenvalue weighted by Crippen LogP contribution is 2.30. The van der Waals surface area contributed by atoms with Crippen LogP contribution in [-0.4, -0.2) is 24.1 Å². The lowest BCUT2D eigenvalue weighted by atomic mass is 9.97. The predicted molar refractivity (Wildman–Crippen MR) is 78.9 cm³/mol. The van der Waals surface area contributed by atoms with Crippen molar-refractivity contribution in [2.24, 2.45) is 5.73 Å². The molecule has 2 aromatic carbocycles. The number of hydrogen-bond acceptors (Lipinski definition) is 3. The summed E-state index contributed by atoms with van der Waals surface area (Å²) in [7, 11) is 1.45. The molecular formula is C15H12ClNO4. The van der Waals surface area contributed by atoms with Crippen molar-refractivity contribution in [3.63, 3.8) is 0 Å². The van der Waals surface area contributed by atoms with Crippen LogP contribution in [0.2, 0.25) is 5.02 Å². The first kappa shape index (κ1) is 14.9. The largest absolute Gasteiger partial charge is 0.497 e. The Hall–Kier alpha value is -2.53. The second-order valence-corrected chi connectivity index (χ2v) is 4.68. The van der Waals surface area contributed by atoms with Gasteiger partial charge in [0.25, 0.3) is 0 Å². The number of primary amides is 1. The van der Waals surface area contributed by atoms with E-state index in [1.54, 1.807) is 18.2 Å². The Balaban J connectivity index is 2.64. The Morgan fingerprint density at radius 1 is 1.14 bits per heavy atom. The lowest BCUT2D eigenvalue weighted by Gasteiger charge is -2.10. The van der Waals surface area contributed by atoms with Gasteiger partial charge in [0.1, 0.15) is 5.75 Å². The normalized spacial score (nSPS) is 10.2. The molecule has 5 nitrogen and oxygen atoms in total. The summed E-state index contributed by atoms with van der Waals surface area (Å²) in [6.07, 6.45) is 0. The number of methoxy groups -OCH3 is 1. The summed E-state index contributed by atoms with van der Waals surface area (Å²) in [6.45, 7) is 0. The first-order valence-corrected chi connectivity index (χ1v) is 6.33. The average molecular weight is 306 g/mol. The van der Waals surface area contributed by atoms with E-state index >= 15 is 0 Å². The number of benzene rings is 2. The van der Waals surface area contributed by atoms with Crippen LogP contribution in [0, 0.1) is 0 Å². The van der Waals surface area contributed by atoms with E-state index < -0.39 is 11.9 Å². The molecule has 2 rings (SSSR count). The van der Waals surface area contributed by atoms with Crippen LogP contribution in [0.4, 0.5) is 0 Å². The SMILES string of the molecule is COc1ccc(-c2ccc(Cl)c(C(N)=O)c2)c(C(=O)O)c1. The zero-order valence-corrected chi connectivity index (χ0v) is 11.8. The smallest absolute Gasteiger partial charge is 0.336 e. The van der Waals surface area contributed by atoms with Gasteiger partial charge in [0.2, 0.25) is 5.91 Å². The van der Waals surface area contributed by atoms with Crippen molar-refractivity contribution < 1.29 is 19.4 Å². The zero-order chi connectivity index (χ0) is 15.6. The molecule has 0 saturated carbocycles. The molecule has 0 aromatic heterocycles. The maximum atomic E-state index is 11.4. The molecule has 0 saturated heterocycles. The number of nitrogens with two attached hydrogens (primary N) is 1. The third-order valence-corrected chi connectivity index (χ3v) is 3.33. The molecule has 0 heterocycles. The number of carbonyl (C=O) groups excluding carboxylic acids is 1. The van der Waals surface area contributed by atoms with Crippen molar-refractivity contribution in [2.75, 3.05) is 7.11 Å². The number of rotatable bonds is 4. The predicted octanol–water partition coefficient (Wildman–Crippen LogP) is 2.81. The molecule has 0 radical (unpaired) electrons. The first-order valence-electron chi connectivity index (χ1n) is 5.95. The van der Waals surface area contributed by atoms with Gasteiger partial charge in [0, 0.05) is 0 Å². The van der Waals surface area contributed by atoms with Gasteiger partial charge in [-0.05, 0) is 41.5 Å². The van der Waals surface area contributed by atoms with Gasteiger partial charge in [0.05, 0.1) is 23.3 Å². The van der Waals surface area contributed by atoms with E-state index in [1.807, 2.05) is 0 Å². The summed E-state index contributed by atoms with van der Waals surface area (Å²) >= 11 is 5.89. The quantitative estimate of drug-likeness (QED) is 0.909. The minimum Gasteiger partial charge on any atom is -0.497 e. The highest BCUT2D eigenvalue weighted by Gasteiger charge is 2.15. The second kappa shape index (κ2) is 5.85. The maximum Gasteiger partial charge on any atom is 0.336 e. The van der Waals surface area contributed by atoms with Crippen LogP contribution < -0.4 is 10.5 Å². The summed E-state index contributed by atoms with van der Waals surface area (Å²) < 4.78 is 5.02. The van der Waals surface area contributed by atoms with E-state index in [0.717, 1.165) is 0 Å². The highest BCUT2D eigenvalue weighted by molar-refractivity contribution is 6.33. The fourth-order valence-electron chi connectivity index (χ4n) is 1.96. The van der Waals surface area contributed by atoms with E-state index in [2.05, 4.69) is 0 Å². The molecule has 3 N–H and O–H groups in total. The Morgan fingerprint density at radius 2 is 1.86 bits per heavy atom. The third-order valence-electron chi connectivity index (χ3n) is 3.00. The molecule has 6 heteroatoms. The highest BCUT2D eigenvalue weighted by atomic mass is 35.5. The van der Waals surface area contributed by atoms with Crippen LogP contribution in [0.3, 0.4) is 0 Å². The topological polar surface area (TPSA) is 89.6 Å². The monoisotopic (exact) mass is 305 g/mol. The first-order chi connectivity index (χ1) is 9.93. The van der Waals surface area contributed by atoms with E-state index in [4.69, 9.17) is 22.1 Å². The Labute approximate surface area is 125 Å². The molecule has 0 aliphatic rings. The zero-order valence-electron chi connectivity index (χ0n) is 11.1. The van der Waals surface area contributed by atoms with E-state index in [-0.39, 0.29) is 16.1 Å². The van der Waals surface area contributed by atoms with Crippen molar-refractivity contribution in [1.29, 1.82) is 0 Å². The number of hydrogen-bond donors (Lipinski definition) is 2. The van der Waals surface area contributed by atoms with Crippen LogP contribution in [0.5, 0.6) is 5.75 Å². The number of aromatic carboxylic acids is 1. The minimum absolute atomic E-state index is 0.0621. The molecule has 2 aromatic rings. The molecule has 0 spiro atoms. The van der Waals surface area contributed by atoms with Crippen molar-refractivity contribution >= 4 is 23.5 Å². The fourth-order valence-corrected chi connectivity index (χ4v) is 2.17. The van der Waals surface area contributed by atoms with Crippen LogP contribution in [-0.2, 0) is 0 Å².